The Labute approximate surface area is 129 Å². The van der Waals surface area contributed by atoms with Gasteiger partial charge in [0.15, 0.2) is 0 Å². The van der Waals surface area contributed by atoms with Crippen molar-refractivity contribution in [3.63, 3.8) is 0 Å². The van der Waals surface area contributed by atoms with Crippen LogP contribution >= 0.6 is 0 Å². The molecule has 0 amide bonds. The molecule has 17 heavy (non-hydrogen) atoms. The molecule has 0 N–H and O–H groups in total. The fourth-order valence-corrected chi connectivity index (χ4v) is 4.11. The van der Waals surface area contributed by atoms with E-state index in [2.05, 4.69) is 19.9 Å². The van der Waals surface area contributed by atoms with Gasteiger partial charge in [0, 0.05) is 43.7 Å². The van der Waals surface area contributed by atoms with E-state index in [9.17, 15) is 8.42 Å². The topological polar surface area (TPSA) is 34.1 Å². The smallest absolute Gasteiger partial charge is 0.146 e. The van der Waals surface area contributed by atoms with Crippen LogP contribution in [0.15, 0.2) is 18.2 Å². The molecule has 1 heterocycles. The molecule has 1 atom stereocenters. The Bertz CT molecular complexity index is 463. The van der Waals surface area contributed by atoms with Crippen molar-refractivity contribution in [2.24, 2.45) is 0 Å². The van der Waals surface area contributed by atoms with Crippen molar-refractivity contribution in [1.82, 2.24) is 0 Å². The van der Waals surface area contributed by atoms with Crippen molar-refractivity contribution in [3.05, 3.63) is 35.4 Å². The first-order valence-corrected chi connectivity index (χ1v) is 7.45. The maximum absolute atomic E-state index is 11.8. The summed E-state index contributed by atoms with van der Waals surface area (Å²) in [7, 11) is -2.89. The molecule has 91 valence electrons. The standard InChI is InChI=1S/C13H17O2S.Y/c1-10(2)11-5-7-12(8-6-11)13-4-3-9-16(13,14)15;/h5,7-8,10,13H,3-4,9H2,1-2H3;/q-1;. The van der Waals surface area contributed by atoms with Crippen LogP contribution in [0.4, 0.5) is 0 Å². The first-order chi connectivity index (χ1) is 7.50. The van der Waals surface area contributed by atoms with E-state index >= 15 is 0 Å². The van der Waals surface area contributed by atoms with Crippen LogP contribution < -0.4 is 0 Å². The first kappa shape index (κ1) is 15.3. The van der Waals surface area contributed by atoms with Crippen LogP contribution in [0.1, 0.15) is 49.0 Å². The van der Waals surface area contributed by atoms with Crippen molar-refractivity contribution in [3.8, 4) is 0 Å². The molecule has 1 fully saturated rings. The van der Waals surface area contributed by atoms with E-state index in [1.54, 1.807) is 0 Å². The van der Waals surface area contributed by atoms with Crippen molar-refractivity contribution in [2.75, 3.05) is 5.75 Å². The molecule has 1 aromatic rings. The molecule has 0 aromatic heterocycles. The second kappa shape index (κ2) is 5.94. The summed E-state index contributed by atoms with van der Waals surface area (Å²) in [5.41, 5.74) is 2.04. The third-order valence-electron chi connectivity index (χ3n) is 3.18. The van der Waals surface area contributed by atoms with Gasteiger partial charge >= 0.3 is 0 Å². The average molecular weight is 326 g/mol. The van der Waals surface area contributed by atoms with Crippen molar-refractivity contribution < 1.29 is 41.1 Å². The first-order valence-electron chi connectivity index (χ1n) is 5.74. The fraction of sp³-hybridized carbons (Fsp3) is 0.538. The molecule has 1 saturated heterocycles. The molecule has 1 aliphatic heterocycles. The Morgan fingerprint density at radius 2 is 2.06 bits per heavy atom. The van der Waals surface area contributed by atoms with Gasteiger partial charge in [0.1, 0.15) is 9.84 Å². The van der Waals surface area contributed by atoms with Gasteiger partial charge in [-0.05, 0) is 18.8 Å². The summed E-state index contributed by atoms with van der Waals surface area (Å²) in [4.78, 5) is 0. The molecule has 0 aliphatic carbocycles. The van der Waals surface area contributed by atoms with Gasteiger partial charge in [-0.2, -0.15) is 29.8 Å². The maximum Gasteiger partial charge on any atom is 0.146 e. The normalized spacial score (nSPS) is 22.4. The van der Waals surface area contributed by atoms with Gasteiger partial charge in [0.25, 0.3) is 0 Å². The van der Waals surface area contributed by atoms with E-state index in [4.69, 9.17) is 0 Å². The molecule has 0 saturated carbocycles. The van der Waals surface area contributed by atoms with Gasteiger partial charge < -0.3 is 0 Å². The average Bonchev–Trinajstić information content (AvgIpc) is 2.58. The fourth-order valence-electron chi connectivity index (χ4n) is 2.17. The summed E-state index contributed by atoms with van der Waals surface area (Å²) in [6, 6.07) is 8.97. The molecule has 1 unspecified atom stereocenters. The second-order valence-electron chi connectivity index (χ2n) is 4.73. The van der Waals surface area contributed by atoms with Gasteiger partial charge in [0.2, 0.25) is 0 Å². The Morgan fingerprint density at radius 1 is 1.35 bits per heavy atom. The van der Waals surface area contributed by atoms with Crippen LogP contribution in [-0.4, -0.2) is 14.2 Å². The number of hydrogen-bond donors (Lipinski definition) is 0. The summed E-state index contributed by atoms with van der Waals surface area (Å²) >= 11 is 0. The van der Waals surface area contributed by atoms with Crippen molar-refractivity contribution in [1.29, 1.82) is 0 Å². The van der Waals surface area contributed by atoms with E-state index in [1.165, 1.54) is 0 Å². The van der Waals surface area contributed by atoms with Crippen LogP contribution in [0.25, 0.3) is 0 Å². The number of rotatable bonds is 2. The predicted octanol–water partition coefficient (Wildman–Crippen LogP) is 2.86. The molecule has 2 nitrogen and oxygen atoms in total. The summed E-state index contributed by atoms with van der Waals surface area (Å²) < 4.78 is 23.5. The second-order valence-corrected chi connectivity index (χ2v) is 7.03. The zero-order valence-electron chi connectivity index (χ0n) is 10.3. The van der Waals surface area contributed by atoms with E-state index in [1.807, 2.05) is 18.2 Å². The molecule has 0 spiro atoms. The zero-order valence-corrected chi connectivity index (χ0v) is 14.0. The Kier molecular flexibility index (Phi) is 5.36. The molecule has 4 heteroatoms. The molecular formula is C13H17O2SY-. The minimum absolute atomic E-state index is 0. The van der Waals surface area contributed by atoms with E-state index in [0.717, 1.165) is 24.0 Å². The number of sulfone groups is 1. The van der Waals surface area contributed by atoms with Crippen LogP contribution in [0.3, 0.4) is 0 Å². The van der Waals surface area contributed by atoms with Crippen LogP contribution in [-0.2, 0) is 42.5 Å². The van der Waals surface area contributed by atoms with Gasteiger partial charge in [-0.15, -0.1) is 5.56 Å². The minimum atomic E-state index is -2.89. The Morgan fingerprint density at radius 3 is 2.47 bits per heavy atom. The quantitative estimate of drug-likeness (QED) is 0.783. The molecule has 1 aromatic carbocycles. The summed E-state index contributed by atoms with van der Waals surface area (Å²) in [6.07, 6.45) is 1.55. The maximum atomic E-state index is 11.8. The summed E-state index contributed by atoms with van der Waals surface area (Å²) in [5, 5.41) is -0.287. The largest absolute Gasteiger partial charge is 0.229 e. The van der Waals surface area contributed by atoms with E-state index in [-0.39, 0.29) is 38.0 Å². The number of benzene rings is 1. The molecule has 1 radical (unpaired) electrons. The number of hydrogen-bond acceptors (Lipinski definition) is 2. The third kappa shape index (κ3) is 3.39. The van der Waals surface area contributed by atoms with Crippen LogP contribution in [0, 0.1) is 6.07 Å². The van der Waals surface area contributed by atoms with E-state index < -0.39 is 9.84 Å². The van der Waals surface area contributed by atoms with Gasteiger partial charge in [-0.3, -0.25) is 0 Å². The monoisotopic (exact) mass is 326 g/mol. The Hall–Kier alpha value is 0.274. The van der Waals surface area contributed by atoms with Gasteiger partial charge in [0.05, 0.1) is 0 Å². The van der Waals surface area contributed by atoms with Gasteiger partial charge in [-0.25, -0.2) is 8.42 Å². The van der Waals surface area contributed by atoms with Crippen molar-refractivity contribution in [2.45, 2.75) is 37.9 Å². The zero-order chi connectivity index (χ0) is 11.8. The summed E-state index contributed by atoms with van der Waals surface area (Å²) in [6.45, 7) is 4.22. The SMILES string of the molecule is CC(C)c1[c-]cc(C2CCCS2(=O)=O)cc1.[Y]. The predicted molar refractivity (Wildman–Crippen MR) is 65.1 cm³/mol. The minimum Gasteiger partial charge on any atom is -0.229 e. The molecular weight excluding hydrogens is 309 g/mol. The van der Waals surface area contributed by atoms with Crippen molar-refractivity contribution >= 4 is 9.84 Å². The molecule has 0 bridgehead atoms. The van der Waals surface area contributed by atoms with Gasteiger partial charge in [-0.1, -0.05) is 13.8 Å². The summed E-state index contributed by atoms with van der Waals surface area (Å²) in [5.74, 6) is 0.776. The van der Waals surface area contributed by atoms with E-state index in [0.29, 0.717) is 11.7 Å². The Balaban J connectivity index is 0.00000144. The third-order valence-corrected chi connectivity index (χ3v) is 5.42. The van der Waals surface area contributed by atoms with Crippen LogP contribution in [0.5, 0.6) is 0 Å². The molecule has 2 rings (SSSR count). The molecule has 1 aliphatic rings. The van der Waals surface area contributed by atoms with Crippen LogP contribution in [0.2, 0.25) is 0 Å².